The highest BCUT2D eigenvalue weighted by Crippen LogP contribution is 2.28. The second-order valence-electron chi connectivity index (χ2n) is 6.60. The van der Waals surface area contributed by atoms with Gasteiger partial charge in [0, 0.05) is 18.8 Å². The number of fused-ring (bicyclic) bond motifs is 1. The molecule has 7 heteroatoms. The Morgan fingerprint density at radius 1 is 1.38 bits per heavy atom. The third-order valence-corrected chi connectivity index (χ3v) is 4.95. The van der Waals surface area contributed by atoms with Crippen LogP contribution in [0.3, 0.4) is 0 Å². The normalized spacial score (nSPS) is 22.4. The Balaban J connectivity index is 1.46. The molecule has 2 N–H and O–H groups in total. The van der Waals surface area contributed by atoms with Crippen LogP contribution < -0.4 is 11.1 Å². The Labute approximate surface area is 139 Å². The Kier molecular flexibility index (Phi) is 4.12. The number of aromatic amines is 1. The number of oxazole rings is 1. The van der Waals surface area contributed by atoms with E-state index in [0.717, 1.165) is 13.1 Å². The zero-order valence-electron chi connectivity index (χ0n) is 13.4. The number of hydrogen-bond donors (Lipinski definition) is 2. The highest BCUT2D eigenvalue weighted by atomic mass is 16.5. The third kappa shape index (κ3) is 3.09. The minimum atomic E-state index is -0.499. The number of H-pyrrole nitrogens is 1. The van der Waals surface area contributed by atoms with E-state index in [4.69, 9.17) is 9.15 Å². The lowest BCUT2D eigenvalue weighted by Crippen LogP contribution is -2.53. The van der Waals surface area contributed by atoms with Crippen molar-refractivity contribution in [1.82, 2.24) is 9.88 Å². The summed E-state index contributed by atoms with van der Waals surface area (Å²) >= 11 is 0. The number of carbonyl (C=O) groups is 1. The summed E-state index contributed by atoms with van der Waals surface area (Å²) in [7, 11) is 0. The molecule has 2 aliphatic rings. The van der Waals surface area contributed by atoms with Crippen LogP contribution in [0.15, 0.2) is 27.4 Å². The Bertz CT molecular complexity index is 792. The van der Waals surface area contributed by atoms with E-state index in [2.05, 4.69) is 15.2 Å². The molecule has 2 fully saturated rings. The summed E-state index contributed by atoms with van der Waals surface area (Å²) in [5.74, 6) is 0.144. The summed E-state index contributed by atoms with van der Waals surface area (Å²) in [6.45, 7) is 2.86. The number of amides is 1. The van der Waals surface area contributed by atoms with E-state index in [1.807, 2.05) is 0 Å². The van der Waals surface area contributed by atoms with E-state index in [-0.39, 0.29) is 11.9 Å². The minimum Gasteiger partial charge on any atom is -0.408 e. The maximum Gasteiger partial charge on any atom is 0.417 e. The van der Waals surface area contributed by atoms with Crippen molar-refractivity contribution in [2.75, 3.05) is 31.6 Å². The predicted octanol–water partition coefficient (Wildman–Crippen LogP) is 1.56. The SMILES string of the molecule is O=C(Nc1ccc2oc(=O)[nH]c2c1)[C@H]1COCCN1CC1CCC1. The minimum absolute atomic E-state index is 0.0702. The lowest BCUT2D eigenvalue weighted by atomic mass is 9.84. The molecular formula is C17H21N3O4. The van der Waals surface area contributed by atoms with Gasteiger partial charge in [-0.25, -0.2) is 4.79 Å². The van der Waals surface area contributed by atoms with E-state index in [9.17, 15) is 9.59 Å². The fraction of sp³-hybridized carbons (Fsp3) is 0.529. The van der Waals surface area contributed by atoms with Gasteiger partial charge in [0.15, 0.2) is 5.58 Å². The second kappa shape index (κ2) is 6.41. The van der Waals surface area contributed by atoms with E-state index in [1.165, 1.54) is 19.3 Å². The van der Waals surface area contributed by atoms with Crippen molar-refractivity contribution < 1.29 is 13.9 Å². The number of rotatable bonds is 4. The lowest BCUT2D eigenvalue weighted by molar-refractivity contribution is -0.128. The molecule has 7 nitrogen and oxygen atoms in total. The van der Waals surface area contributed by atoms with Crippen molar-refractivity contribution in [3.63, 3.8) is 0 Å². The zero-order valence-corrected chi connectivity index (χ0v) is 13.4. The first-order chi connectivity index (χ1) is 11.7. The summed E-state index contributed by atoms with van der Waals surface area (Å²) in [4.78, 5) is 28.7. The standard InChI is InChI=1S/C17H21N3O4/c21-16(14-10-23-7-6-20(14)9-11-2-1-3-11)18-12-4-5-15-13(8-12)19-17(22)24-15/h4-5,8,11,14H,1-3,6-7,9-10H2,(H,18,21)(H,19,22)/t14-/m1/s1. The van der Waals surface area contributed by atoms with Crippen molar-refractivity contribution in [2.24, 2.45) is 5.92 Å². The fourth-order valence-electron chi connectivity index (χ4n) is 3.36. The van der Waals surface area contributed by atoms with Gasteiger partial charge in [-0.05, 0) is 37.0 Å². The average molecular weight is 331 g/mol. The van der Waals surface area contributed by atoms with E-state index in [1.54, 1.807) is 18.2 Å². The molecule has 1 saturated heterocycles. The molecular weight excluding hydrogens is 310 g/mol. The molecule has 2 aromatic rings. The molecule has 1 aliphatic carbocycles. The topological polar surface area (TPSA) is 87.6 Å². The molecule has 0 radical (unpaired) electrons. The molecule has 24 heavy (non-hydrogen) atoms. The Hall–Kier alpha value is -2.12. The van der Waals surface area contributed by atoms with Crippen LogP contribution in [0.25, 0.3) is 11.1 Å². The van der Waals surface area contributed by atoms with Crippen LogP contribution in [0.4, 0.5) is 5.69 Å². The van der Waals surface area contributed by atoms with Crippen LogP contribution in [0.5, 0.6) is 0 Å². The number of benzene rings is 1. The summed E-state index contributed by atoms with van der Waals surface area (Å²) < 4.78 is 10.5. The van der Waals surface area contributed by atoms with Gasteiger partial charge >= 0.3 is 5.76 Å². The summed E-state index contributed by atoms with van der Waals surface area (Å²) in [6.07, 6.45) is 3.82. The van der Waals surface area contributed by atoms with Gasteiger partial charge in [0.05, 0.1) is 18.7 Å². The third-order valence-electron chi connectivity index (χ3n) is 4.95. The van der Waals surface area contributed by atoms with Gasteiger partial charge in [-0.2, -0.15) is 0 Å². The van der Waals surface area contributed by atoms with Gasteiger partial charge < -0.3 is 14.5 Å². The number of morpholine rings is 1. The summed E-state index contributed by atoms with van der Waals surface area (Å²) in [6, 6.07) is 4.85. The molecule has 1 aliphatic heterocycles. The smallest absolute Gasteiger partial charge is 0.408 e. The maximum absolute atomic E-state index is 12.7. The number of nitrogens with zero attached hydrogens (tertiary/aromatic N) is 1. The van der Waals surface area contributed by atoms with Gasteiger partial charge in [-0.3, -0.25) is 14.7 Å². The number of nitrogens with one attached hydrogen (secondary N) is 2. The molecule has 1 aromatic carbocycles. The second-order valence-corrected chi connectivity index (χ2v) is 6.60. The molecule has 0 unspecified atom stereocenters. The summed E-state index contributed by atoms with van der Waals surface area (Å²) in [5, 5.41) is 2.93. The maximum atomic E-state index is 12.7. The van der Waals surface area contributed by atoms with Crippen LogP contribution in [0.1, 0.15) is 19.3 Å². The summed E-state index contributed by atoms with van der Waals surface area (Å²) in [5.41, 5.74) is 1.69. The van der Waals surface area contributed by atoms with Crippen LogP contribution in [-0.2, 0) is 9.53 Å². The van der Waals surface area contributed by atoms with Gasteiger partial charge in [0.1, 0.15) is 6.04 Å². The van der Waals surface area contributed by atoms with E-state index >= 15 is 0 Å². The number of anilines is 1. The van der Waals surface area contributed by atoms with E-state index in [0.29, 0.717) is 35.9 Å². The van der Waals surface area contributed by atoms with Gasteiger partial charge in [-0.1, -0.05) is 6.42 Å². The number of carbonyl (C=O) groups excluding carboxylic acids is 1. The first-order valence-electron chi connectivity index (χ1n) is 8.44. The van der Waals surface area contributed by atoms with Crippen LogP contribution in [0.2, 0.25) is 0 Å². The van der Waals surface area contributed by atoms with Gasteiger partial charge in [-0.15, -0.1) is 0 Å². The van der Waals surface area contributed by atoms with E-state index < -0.39 is 5.76 Å². The highest BCUT2D eigenvalue weighted by Gasteiger charge is 2.32. The molecule has 4 rings (SSSR count). The number of hydrogen-bond acceptors (Lipinski definition) is 5. The first-order valence-corrected chi connectivity index (χ1v) is 8.44. The molecule has 0 spiro atoms. The predicted molar refractivity (Wildman–Crippen MR) is 89.0 cm³/mol. The number of aromatic nitrogens is 1. The van der Waals surface area contributed by atoms with Crippen molar-refractivity contribution >= 4 is 22.7 Å². The Morgan fingerprint density at radius 2 is 2.25 bits per heavy atom. The van der Waals surface area contributed by atoms with Crippen molar-refractivity contribution in [3.8, 4) is 0 Å². The molecule has 1 aromatic heterocycles. The molecule has 1 amide bonds. The molecule has 1 saturated carbocycles. The van der Waals surface area contributed by atoms with Crippen LogP contribution in [0, 0.1) is 5.92 Å². The quantitative estimate of drug-likeness (QED) is 0.888. The van der Waals surface area contributed by atoms with Crippen molar-refractivity contribution in [3.05, 3.63) is 28.7 Å². The average Bonchev–Trinajstić information content (AvgIpc) is 2.90. The molecule has 0 bridgehead atoms. The van der Waals surface area contributed by atoms with Crippen LogP contribution in [-0.4, -0.2) is 48.1 Å². The fourth-order valence-corrected chi connectivity index (χ4v) is 3.36. The molecule has 2 heterocycles. The number of ether oxygens (including phenoxy) is 1. The van der Waals surface area contributed by atoms with Crippen LogP contribution >= 0.6 is 0 Å². The first kappa shape index (κ1) is 15.4. The largest absolute Gasteiger partial charge is 0.417 e. The van der Waals surface area contributed by atoms with Crippen molar-refractivity contribution in [1.29, 1.82) is 0 Å². The van der Waals surface area contributed by atoms with Gasteiger partial charge in [0.2, 0.25) is 5.91 Å². The zero-order chi connectivity index (χ0) is 16.5. The van der Waals surface area contributed by atoms with Gasteiger partial charge in [0.25, 0.3) is 0 Å². The monoisotopic (exact) mass is 331 g/mol. The van der Waals surface area contributed by atoms with Crippen molar-refractivity contribution in [2.45, 2.75) is 25.3 Å². The molecule has 128 valence electrons. The Morgan fingerprint density at radius 3 is 3.04 bits per heavy atom. The highest BCUT2D eigenvalue weighted by molar-refractivity contribution is 5.96. The molecule has 1 atom stereocenters. The lowest BCUT2D eigenvalue weighted by Gasteiger charge is -2.39.